The molecule has 2 aromatic heterocycles. The summed E-state index contributed by atoms with van der Waals surface area (Å²) in [6.45, 7) is 0. The monoisotopic (exact) mass is 468 g/mol. The molecule has 8 nitrogen and oxygen atoms in total. The summed E-state index contributed by atoms with van der Waals surface area (Å²) in [5.41, 5.74) is 1.90. The van der Waals surface area contributed by atoms with Gasteiger partial charge in [0.15, 0.2) is 0 Å². The molecule has 0 N–H and O–H groups in total. The maximum atomic E-state index is 4.18. The molecule has 1 aliphatic heterocycles. The Morgan fingerprint density at radius 1 is 0.682 bits per heavy atom. The summed E-state index contributed by atoms with van der Waals surface area (Å²) in [5.74, 6) is 1.07. The Labute approximate surface area is 140 Å². The normalized spacial score (nSPS) is 12.4. The zero-order chi connectivity index (χ0) is 14.1. The number of nitrogens with zero attached hydrogens (tertiary/aromatic N) is 8. The number of hydrogen-bond acceptors (Lipinski definition) is 8. The second kappa shape index (κ2) is 6.12. The molecule has 1 aliphatic rings. The zero-order valence-electron chi connectivity index (χ0n) is 11.1. The molecule has 108 valence electrons. The summed E-state index contributed by atoms with van der Waals surface area (Å²) in [4.78, 5) is 28.1. The minimum Gasteiger partial charge on any atom is -0.335 e. The minimum atomic E-state index is 0. The quantitative estimate of drug-likeness (QED) is 0.514. The number of para-hydroxylation sites is 2. The number of benzene rings is 1. The topological polar surface area (TPSA) is 83.8 Å². The van der Waals surface area contributed by atoms with E-state index in [1.165, 1.54) is 25.3 Å². The average Bonchev–Trinajstić information content (AvgIpc) is 2.96. The van der Waals surface area contributed by atoms with Crippen LogP contribution in [0, 0.1) is 0 Å². The van der Waals surface area contributed by atoms with E-state index in [0.717, 1.165) is 11.4 Å². The van der Waals surface area contributed by atoms with Crippen molar-refractivity contribution >= 4 is 30.8 Å². The zero-order valence-corrected chi connectivity index (χ0v) is 13.5. The molecule has 3 aromatic rings. The van der Waals surface area contributed by atoms with Gasteiger partial charge in [-0.2, -0.15) is 0 Å². The van der Waals surface area contributed by atoms with Crippen LogP contribution in [0.4, 0.5) is 23.3 Å². The van der Waals surface area contributed by atoms with Crippen molar-refractivity contribution in [2.75, 3.05) is 9.62 Å². The van der Waals surface area contributed by atoms with E-state index in [1.54, 1.807) is 0 Å². The Balaban J connectivity index is 0.00000144. The van der Waals surface area contributed by atoms with Crippen LogP contribution in [0.1, 0.15) is 0 Å². The van der Waals surface area contributed by atoms with Gasteiger partial charge in [-0.15, -0.1) is 0 Å². The average molecular weight is 467 g/mol. The molecular formula is C12H8BIrN8. The van der Waals surface area contributed by atoms with E-state index in [0.29, 0.717) is 11.9 Å². The van der Waals surface area contributed by atoms with Gasteiger partial charge < -0.3 is 9.62 Å². The predicted molar refractivity (Wildman–Crippen MR) is 76.1 cm³/mol. The number of anilines is 4. The fraction of sp³-hybridized carbons (Fsp3) is 0. The van der Waals surface area contributed by atoms with Gasteiger partial charge in [-0.1, -0.05) is 12.1 Å². The van der Waals surface area contributed by atoms with Crippen LogP contribution in [0.25, 0.3) is 0 Å². The van der Waals surface area contributed by atoms with Crippen molar-refractivity contribution in [1.29, 1.82) is 0 Å². The molecule has 0 saturated heterocycles. The second-order valence-corrected chi connectivity index (χ2v) is 4.22. The van der Waals surface area contributed by atoms with Crippen molar-refractivity contribution < 1.29 is 20.1 Å². The number of aromatic nitrogens is 6. The van der Waals surface area contributed by atoms with E-state index in [4.69, 9.17) is 0 Å². The molecule has 0 bridgehead atoms. The first kappa shape index (κ1) is 14.5. The van der Waals surface area contributed by atoms with Crippen LogP contribution < -0.4 is 9.62 Å². The Bertz CT molecular complexity index is 695. The molecule has 4 rings (SSSR count). The molecule has 0 saturated carbocycles. The fourth-order valence-electron chi connectivity index (χ4n) is 2.15. The van der Waals surface area contributed by atoms with Crippen LogP contribution in [0.15, 0.2) is 49.6 Å². The van der Waals surface area contributed by atoms with Gasteiger partial charge >= 0.3 is 7.55 Å². The standard InChI is InChI=1S/C12H8BN8.Ir/c1-2-4-10-9(3-1)20(11-16-5-14-6-17-11)13-21(10)12-18-7-15-8-19-12;/h1-8H;. The Morgan fingerprint density at radius 3 is 1.50 bits per heavy atom. The maximum absolute atomic E-state index is 4.18. The fourth-order valence-corrected chi connectivity index (χ4v) is 2.15. The van der Waals surface area contributed by atoms with Crippen LogP contribution in [-0.2, 0) is 20.1 Å². The first-order chi connectivity index (χ1) is 10.4. The summed E-state index contributed by atoms with van der Waals surface area (Å²) >= 11 is 0. The van der Waals surface area contributed by atoms with Crippen LogP contribution in [-0.4, -0.2) is 37.5 Å². The van der Waals surface area contributed by atoms with E-state index in [9.17, 15) is 0 Å². The van der Waals surface area contributed by atoms with E-state index in [1.807, 2.05) is 41.4 Å². The first-order valence-corrected chi connectivity index (χ1v) is 6.20. The van der Waals surface area contributed by atoms with Gasteiger partial charge in [-0.25, -0.2) is 29.9 Å². The SMILES string of the molecule is [B]1N(c2ncncn2)c2ccccc2N1c1ncncn1.[Ir]. The summed E-state index contributed by atoms with van der Waals surface area (Å²) in [6.07, 6.45) is 5.85. The summed E-state index contributed by atoms with van der Waals surface area (Å²) in [5, 5.41) is 0. The molecule has 1 aromatic carbocycles. The molecular weight excluding hydrogens is 459 g/mol. The van der Waals surface area contributed by atoms with Crippen molar-refractivity contribution in [2.45, 2.75) is 0 Å². The summed E-state index contributed by atoms with van der Waals surface area (Å²) < 4.78 is 0. The van der Waals surface area contributed by atoms with Crippen molar-refractivity contribution in [3.63, 3.8) is 0 Å². The molecule has 0 unspecified atom stereocenters. The molecule has 0 aliphatic carbocycles. The Morgan fingerprint density at radius 2 is 1.09 bits per heavy atom. The molecule has 10 heteroatoms. The van der Waals surface area contributed by atoms with Crippen molar-refractivity contribution in [3.8, 4) is 0 Å². The van der Waals surface area contributed by atoms with Gasteiger partial charge in [0.1, 0.15) is 25.3 Å². The van der Waals surface area contributed by atoms with Crippen LogP contribution in [0.5, 0.6) is 0 Å². The molecule has 2 radical (unpaired) electrons. The molecule has 0 atom stereocenters. The number of fused-ring (bicyclic) bond motifs is 1. The van der Waals surface area contributed by atoms with Gasteiger partial charge in [0.2, 0.25) is 11.9 Å². The summed E-state index contributed by atoms with van der Waals surface area (Å²) in [6, 6.07) is 7.88. The Hall–Kier alpha value is -2.45. The third-order valence-electron chi connectivity index (χ3n) is 3.02. The largest absolute Gasteiger partial charge is 0.406 e. The van der Waals surface area contributed by atoms with Crippen LogP contribution in [0.3, 0.4) is 0 Å². The second-order valence-electron chi connectivity index (χ2n) is 4.22. The van der Waals surface area contributed by atoms with Gasteiger partial charge in [-0.05, 0) is 12.1 Å². The minimum absolute atomic E-state index is 0. The van der Waals surface area contributed by atoms with Gasteiger partial charge in [0, 0.05) is 20.1 Å². The van der Waals surface area contributed by atoms with Crippen LogP contribution >= 0.6 is 0 Å². The molecule has 3 heterocycles. The van der Waals surface area contributed by atoms with Crippen LogP contribution in [0.2, 0.25) is 0 Å². The smallest absolute Gasteiger partial charge is 0.335 e. The number of rotatable bonds is 2. The Kier molecular flexibility index (Phi) is 4.03. The molecule has 0 spiro atoms. The van der Waals surface area contributed by atoms with E-state index in [-0.39, 0.29) is 20.1 Å². The van der Waals surface area contributed by atoms with Gasteiger partial charge in [0.25, 0.3) is 0 Å². The maximum Gasteiger partial charge on any atom is 0.406 e. The molecule has 22 heavy (non-hydrogen) atoms. The van der Waals surface area contributed by atoms with Gasteiger partial charge in [-0.3, -0.25) is 0 Å². The predicted octanol–water partition coefficient (Wildman–Crippen LogP) is 0.878. The third-order valence-corrected chi connectivity index (χ3v) is 3.02. The van der Waals surface area contributed by atoms with Crippen molar-refractivity contribution in [2.24, 2.45) is 0 Å². The summed E-state index contributed by atoms with van der Waals surface area (Å²) in [7, 11) is 1.84. The molecule has 0 amide bonds. The molecule has 0 fully saturated rings. The van der Waals surface area contributed by atoms with Crippen molar-refractivity contribution in [1.82, 2.24) is 29.9 Å². The third kappa shape index (κ3) is 2.42. The van der Waals surface area contributed by atoms with E-state index >= 15 is 0 Å². The van der Waals surface area contributed by atoms with E-state index in [2.05, 4.69) is 29.9 Å². The van der Waals surface area contributed by atoms with Crippen molar-refractivity contribution in [3.05, 3.63) is 49.6 Å². The number of hydrogen-bond donors (Lipinski definition) is 0. The van der Waals surface area contributed by atoms with Gasteiger partial charge in [0.05, 0.1) is 11.4 Å². The first-order valence-electron chi connectivity index (χ1n) is 6.20. The van der Waals surface area contributed by atoms with E-state index < -0.39 is 0 Å².